The molecule has 0 saturated heterocycles. The number of hydrogen-bond acceptors (Lipinski definition) is 6. The molecule has 1 fully saturated rings. The SMILES string of the molecule is CCNc1ncnc(OC2CCC(C)(C)CC2)c1[N+](=O)[O-]. The van der Waals surface area contributed by atoms with Gasteiger partial charge in [0.2, 0.25) is 5.82 Å². The molecule has 0 spiro atoms. The van der Waals surface area contributed by atoms with E-state index in [1.807, 2.05) is 6.92 Å². The Labute approximate surface area is 124 Å². The van der Waals surface area contributed by atoms with Gasteiger partial charge in [0.15, 0.2) is 0 Å². The minimum absolute atomic E-state index is 0.0129. The maximum absolute atomic E-state index is 11.3. The Hall–Kier alpha value is -1.92. The maximum Gasteiger partial charge on any atom is 0.372 e. The molecule has 1 aliphatic rings. The summed E-state index contributed by atoms with van der Waals surface area (Å²) in [6.45, 7) is 6.88. The number of nitrogens with one attached hydrogen (secondary N) is 1. The largest absolute Gasteiger partial charge is 0.469 e. The molecule has 1 aromatic rings. The topological polar surface area (TPSA) is 90.2 Å². The van der Waals surface area contributed by atoms with E-state index in [1.165, 1.54) is 6.33 Å². The molecule has 0 aromatic carbocycles. The predicted octanol–water partition coefficient (Wildman–Crippen LogP) is 3.16. The van der Waals surface area contributed by atoms with Gasteiger partial charge in [-0.05, 0) is 38.0 Å². The fourth-order valence-corrected chi connectivity index (χ4v) is 2.56. The summed E-state index contributed by atoms with van der Waals surface area (Å²) in [5, 5.41) is 14.1. The molecule has 1 aliphatic carbocycles. The van der Waals surface area contributed by atoms with E-state index in [1.54, 1.807) is 0 Å². The van der Waals surface area contributed by atoms with E-state index in [2.05, 4.69) is 29.1 Å². The zero-order chi connectivity index (χ0) is 15.5. The molecule has 2 rings (SSSR count). The van der Waals surface area contributed by atoms with E-state index < -0.39 is 4.92 Å². The van der Waals surface area contributed by atoms with Crippen molar-refractivity contribution < 1.29 is 9.66 Å². The van der Waals surface area contributed by atoms with E-state index in [0.29, 0.717) is 12.0 Å². The van der Waals surface area contributed by atoms with Crippen LogP contribution in [0.4, 0.5) is 11.5 Å². The van der Waals surface area contributed by atoms with Crippen molar-refractivity contribution in [3.8, 4) is 5.88 Å². The van der Waals surface area contributed by atoms with Gasteiger partial charge in [-0.2, -0.15) is 4.98 Å². The molecule has 0 aliphatic heterocycles. The van der Waals surface area contributed by atoms with Crippen molar-refractivity contribution in [2.24, 2.45) is 5.41 Å². The predicted molar refractivity (Wildman–Crippen MR) is 79.5 cm³/mol. The normalized spacial score (nSPS) is 18.2. The highest BCUT2D eigenvalue weighted by molar-refractivity contribution is 5.61. The van der Waals surface area contributed by atoms with Crippen LogP contribution in [0.5, 0.6) is 5.88 Å². The first kappa shape index (κ1) is 15.5. The zero-order valence-electron chi connectivity index (χ0n) is 12.8. The Morgan fingerprint density at radius 3 is 2.67 bits per heavy atom. The smallest absolute Gasteiger partial charge is 0.372 e. The van der Waals surface area contributed by atoms with Crippen molar-refractivity contribution in [3.63, 3.8) is 0 Å². The third kappa shape index (κ3) is 3.80. The lowest BCUT2D eigenvalue weighted by Gasteiger charge is -2.33. The van der Waals surface area contributed by atoms with Crippen molar-refractivity contribution in [2.45, 2.75) is 52.6 Å². The van der Waals surface area contributed by atoms with Gasteiger partial charge in [-0.25, -0.2) is 4.98 Å². The number of nitro groups is 1. The fraction of sp³-hybridized carbons (Fsp3) is 0.714. The summed E-state index contributed by atoms with van der Waals surface area (Å²) in [5.41, 5.74) is 0.149. The first-order valence-electron chi connectivity index (χ1n) is 7.33. The molecule has 7 heteroatoms. The lowest BCUT2D eigenvalue weighted by Crippen LogP contribution is -2.28. The molecule has 1 aromatic heterocycles. The van der Waals surface area contributed by atoms with Gasteiger partial charge in [0.25, 0.3) is 5.88 Å². The third-order valence-corrected chi connectivity index (χ3v) is 3.88. The summed E-state index contributed by atoms with van der Waals surface area (Å²) < 4.78 is 5.80. The van der Waals surface area contributed by atoms with Crippen LogP contribution >= 0.6 is 0 Å². The number of aromatic nitrogens is 2. The molecule has 116 valence electrons. The van der Waals surface area contributed by atoms with E-state index in [4.69, 9.17) is 4.74 Å². The van der Waals surface area contributed by atoms with Crippen molar-refractivity contribution in [2.75, 3.05) is 11.9 Å². The van der Waals surface area contributed by atoms with Crippen LogP contribution in [0.2, 0.25) is 0 Å². The summed E-state index contributed by atoms with van der Waals surface area (Å²) in [5.74, 6) is 0.277. The Morgan fingerprint density at radius 2 is 2.10 bits per heavy atom. The summed E-state index contributed by atoms with van der Waals surface area (Å²) in [6, 6.07) is 0. The number of nitrogens with zero attached hydrogens (tertiary/aromatic N) is 3. The molecule has 1 N–H and O–H groups in total. The van der Waals surface area contributed by atoms with Crippen LogP contribution in [0.1, 0.15) is 46.5 Å². The second kappa shape index (κ2) is 6.24. The molecule has 0 radical (unpaired) electrons. The summed E-state index contributed by atoms with van der Waals surface area (Å²) in [7, 11) is 0. The van der Waals surface area contributed by atoms with Gasteiger partial charge in [-0.3, -0.25) is 10.1 Å². The molecule has 21 heavy (non-hydrogen) atoms. The number of anilines is 1. The number of rotatable bonds is 5. The zero-order valence-corrected chi connectivity index (χ0v) is 12.8. The minimum Gasteiger partial charge on any atom is -0.469 e. The van der Waals surface area contributed by atoms with Gasteiger partial charge in [0.1, 0.15) is 12.4 Å². The lowest BCUT2D eigenvalue weighted by molar-refractivity contribution is -0.385. The molecule has 0 unspecified atom stereocenters. The lowest BCUT2D eigenvalue weighted by atomic mass is 9.76. The highest BCUT2D eigenvalue weighted by atomic mass is 16.6. The van der Waals surface area contributed by atoms with E-state index >= 15 is 0 Å². The van der Waals surface area contributed by atoms with Gasteiger partial charge < -0.3 is 10.1 Å². The van der Waals surface area contributed by atoms with Crippen LogP contribution in [0.25, 0.3) is 0 Å². The van der Waals surface area contributed by atoms with Gasteiger partial charge in [-0.1, -0.05) is 13.8 Å². The van der Waals surface area contributed by atoms with Crippen molar-refractivity contribution in [1.29, 1.82) is 0 Å². The average Bonchev–Trinajstić information content (AvgIpc) is 2.41. The Morgan fingerprint density at radius 1 is 1.43 bits per heavy atom. The molecule has 0 bridgehead atoms. The first-order chi connectivity index (χ1) is 9.93. The van der Waals surface area contributed by atoms with E-state index in [-0.39, 0.29) is 23.5 Å². The van der Waals surface area contributed by atoms with Crippen LogP contribution in [0.3, 0.4) is 0 Å². The molecule has 1 heterocycles. The molecule has 1 saturated carbocycles. The number of hydrogen-bond donors (Lipinski definition) is 1. The van der Waals surface area contributed by atoms with Gasteiger partial charge in [0, 0.05) is 6.54 Å². The van der Waals surface area contributed by atoms with Crippen LogP contribution in [-0.4, -0.2) is 27.5 Å². The third-order valence-electron chi connectivity index (χ3n) is 3.88. The van der Waals surface area contributed by atoms with Crippen LogP contribution < -0.4 is 10.1 Å². The van der Waals surface area contributed by atoms with Crippen LogP contribution in [0.15, 0.2) is 6.33 Å². The highest BCUT2D eigenvalue weighted by Gasteiger charge is 2.31. The molecule has 0 amide bonds. The Bertz CT molecular complexity index is 509. The van der Waals surface area contributed by atoms with Gasteiger partial charge >= 0.3 is 5.69 Å². The fourth-order valence-electron chi connectivity index (χ4n) is 2.56. The second-order valence-corrected chi connectivity index (χ2v) is 6.14. The number of ether oxygens (including phenoxy) is 1. The monoisotopic (exact) mass is 294 g/mol. The van der Waals surface area contributed by atoms with Crippen molar-refractivity contribution in [3.05, 3.63) is 16.4 Å². The Balaban J connectivity index is 2.16. The summed E-state index contributed by atoms with van der Waals surface area (Å²) in [4.78, 5) is 18.7. The molecule has 0 atom stereocenters. The highest BCUT2D eigenvalue weighted by Crippen LogP contribution is 2.38. The van der Waals surface area contributed by atoms with E-state index in [9.17, 15) is 10.1 Å². The minimum atomic E-state index is -0.486. The van der Waals surface area contributed by atoms with Crippen LogP contribution in [0, 0.1) is 15.5 Å². The first-order valence-corrected chi connectivity index (χ1v) is 7.33. The van der Waals surface area contributed by atoms with E-state index in [0.717, 1.165) is 25.7 Å². The van der Waals surface area contributed by atoms with Crippen molar-refractivity contribution in [1.82, 2.24) is 9.97 Å². The second-order valence-electron chi connectivity index (χ2n) is 6.14. The Kier molecular flexibility index (Phi) is 4.59. The van der Waals surface area contributed by atoms with Crippen molar-refractivity contribution >= 4 is 11.5 Å². The van der Waals surface area contributed by atoms with Gasteiger partial charge in [-0.15, -0.1) is 0 Å². The van der Waals surface area contributed by atoms with Gasteiger partial charge in [0.05, 0.1) is 4.92 Å². The van der Waals surface area contributed by atoms with Crippen LogP contribution in [-0.2, 0) is 0 Å². The standard InChI is InChI=1S/C14H22N4O3/c1-4-15-12-11(18(19)20)13(17-9-16-12)21-10-5-7-14(2,3)8-6-10/h9-10H,4-8H2,1-3H3,(H,15,16,17). The maximum atomic E-state index is 11.3. The molecule has 7 nitrogen and oxygen atoms in total. The average molecular weight is 294 g/mol. The summed E-state index contributed by atoms with van der Waals surface area (Å²) >= 11 is 0. The molecular weight excluding hydrogens is 272 g/mol. The summed E-state index contributed by atoms with van der Waals surface area (Å²) in [6.07, 6.45) is 5.18. The molecular formula is C14H22N4O3. The quantitative estimate of drug-likeness (QED) is 0.662.